The summed E-state index contributed by atoms with van der Waals surface area (Å²) in [5.74, 6) is 1.13. The number of para-hydroxylation sites is 1. The van der Waals surface area contributed by atoms with Gasteiger partial charge in [0, 0.05) is 20.1 Å². The fraction of sp³-hybridized carbons (Fsp3) is 0.333. The number of ether oxygens (including phenoxy) is 2. The molecule has 2 unspecified atom stereocenters. The van der Waals surface area contributed by atoms with Gasteiger partial charge in [-0.2, -0.15) is 0 Å². The third kappa shape index (κ3) is 5.31. The second kappa shape index (κ2) is 9.19. The van der Waals surface area contributed by atoms with Gasteiger partial charge < -0.3 is 20.1 Å². The Labute approximate surface area is 158 Å². The Hall–Kier alpha value is -2.86. The highest BCUT2D eigenvalue weighted by Gasteiger charge is 2.33. The van der Waals surface area contributed by atoms with Crippen LogP contribution in [0.25, 0.3) is 0 Å². The van der Waals surface area contributed by atoms with Gasteiger partial charge in [0.25, 0.3) is 0 Å². The summed E-state index contributed by atoms with van der Waals surface area (Å²) in [6.07, 6.45) is 1.70. The zero-order chi connectivity index (χ0) is 19.1. The van der Waals surface area contributed by atoms with E-state index in [2.05, 4.69) is 10.6 Å². The van der Waals surface area contributed by atoms with Crippen LogP contribution in [0.4, 0.5) is 0 Å². The van der Waals surface area contributed by atoms with Crippen molar-refractivity contribution in [2.45, 2.75) is 31.3 Å². The van der Waals surface area contributed by atoms with E-state index in [1.54, 1.807) is 7.11 Å². The molecule has 2 aromatic carbocycles. The van der Waals surface area contributed by atoms with Gasteiger partial charge in [0.15, 0.2) is 0 Å². The number of carbonyl (C=O) groups is 2. The Morgan fingerprint density at radius 3 is 2.37 bits per heavy atom. The van der Waals surface area contributed by atoms with E-state index in [9.17, 15) is 9.59 Å². The maximum Gasteiger partial charge on any atom is 0.243 e. The van der Waals surface area contributed by atoms with Crippen LogP contribution in [0.2, 0.25) is 0 Å². The molecule has 1 fully saturated rings. The fourth-order valence-corrected chi connectivity index (χ4v) is 3.05. The van der Waals surface area contributed by atoms with Crippen LogP contribution in [0.5, 0.6) is 11.5 Å². The van der Waals surface area contributed by atoms with Crippen molar-refractivity contribution in [3.05, 3.63) is 60.2 Å². The van der Waals surface area contributed by atoms with Crippen molar-refractivity contribution in [1.82, 2.24) is 10.6 Å². The number of amides is 2. The lowest BCUT2D eigenvalue weighted by molar-refractivity contribution is -0.137. The minimum absolute atomic E-state index is 0.146. The zero-order valence-electron chi connectivity index (χ0n) is 15.3. The van der Waals surface area contributed by atoms with Crippen molar-refractivity contribution in [1.29, 1.82) is 0 Å². The number of carbonyl (C=O) groups excluding carboxylic acids is 2. The molecule has 1 aliphatic heterocycles. The highest BCUT2D eigenvalue weighted by Crippen LogP contribution is 2.22. The smallest absolute Gasteiger partial charge is 0.243 e. The average molecular weight is 368 g/mol. The summed E-state index contributed by atoms with van der Waals surface area (Å²) in [6, 6.07) is 16.0. The first-order valence-corrected chi connectivity index (χ1v) is 9.07. The minimum atomic E-state index is -0.580. The number of rotatable bonds is 8. The molecule has 0 bridgehead atoms. The third-order valence-corrected chi connectivity index (χ3v) is 4.42. The highest BCUT2D eigenvalue weighted by molar-refractivity contribution is 5.97. The maximum atomic E-state index is 12.4. The molecule has 27 heavy (non-hydrogen) atoms. The van der Waals surface area contributed by atoms with E-state index in [1.165, 1.54) is 0 Å². The molecule has 2 amide bonds. The summed E-state index contributed by atoms with van der Waals surface area (Å²) in [5, 5.41) is 5.64. The number of hydrogen-bond acceptors (Lipinski definition) is 4. The van der Waals surface area contributed by atoms with Gasteiger partial charge in [0.1, 0.15) is 23.6 Å². The molecule has 1 saturated heterocycles. The molecule has 2 N–H and O–H groups in total. The van der Waals surface area contributed by atoms with Crippen molar-refractivity contribution in [2.24, 2.45) is 0 Å². The highest BCUT2D eigenvalue weighted by atomic mass is 16.5. The van der Waals surface area contributed by atoms with Gasteiger partial charge in [-0.15, -0.1) is 0 Å². The molecule has 6 heteroatoms. The Kier molecular flexibility index (Phi) is 6.44. The number of methoxy groups -OCH3 is 1. The Morgan fingerprint density at radius 2 is 1.59 bits per heavy atom. The molecule has 3 rings (SSSR count). The van der Waals surface area contributed by atoms with E-state index in [1.807, 2.05) is 54.6 Å². The van der Waals surface area contributed by atoms with E-state index in [0.717, 1.165) is 17.7 Å². The van der Waals surface area contributed by atoms with E-state index >= 15 is 0 Å². The molecular weight excluding hydrogens is 344 g/mol. The van der Waals surface area contributed by atoms with Gasteiger partial charge in [0.05, 0.1) is 0 Å². The lowest BCUT2D eigenvalue weighted by atomic mass is 10.00. The summed E-state index contributed by atoms with van der Waals surface area (Å²) in [6.45, 7) is 0.567. The van der Waals surface area contributed by atoms with Crippen LogP contribution in [-0.4, -0.2) is 37.6 Å². The SMILES string of the molecule is COCCCC1NC(=O)C(Cc2cccc(Oc3ccccc3)c2)NC1=O. The average Bonchev–Trinajstić information content (AvgIpc) is 2.67. The van der Waals surface area contributed by atoms with Crippen LogP contribution in [0.1, 0.15) is 18.4 Å². The second-order valence-corrected chi connectivity index (χ2v) is 6.52. The number of piperazine rings is 1. The van der Waals surface area contributed by atoms with E-state index < -0.39 is 12.1 Å². The number of hydrogen-bond donors (Lipinski definition) is 2. The fourth-order valence-electron chi connectivity index (χ4n) is 3.05. The summed E-state index contributed by atoms with van der Waals surface area (Å²) < 4.78 is 10.8. The van der Waals surface area contributed by atoms with E-state index in [0.29, 0.717) is 25.2 Å². The Morgan fingerprint density at radius 1 is 0.889 bits per heavy atom. The maximum absolute atomic E-state index is 12.4. The Balaban J connectivity index is 1.60. The molecule has 142 valence electrons. The first-order valence-electron chi connectivity index (χ1n) is 9.07. The largest absolute Gasteiger partial charge is 0.457 e. The molecule has 6 nitrogen and oxygen atoms in total. The lowest BCUT2D eigenvalue weighted by Crippen LogP contribution is -2.62. The molecule has 0 spiro atoms. The van der Waals surface area contributed by atoms with E-state index in [4.69, 9.17) is 9.47 Å². The summed E-state index contributed by atoms with van der Waals surface area (Å²) in [5.41, 5.74) is 0.918. The van der Waals surface area contributed by atoms with Crippen molar-refractivity contribution >= 4 is 11.8 Å². The summed E-state index contributed by atoms with van der Waals surface area (Å²) >= 11 is 0. The van der Waals surface area contributed by atoms with Gasteiger partial charge in [0.2, 0.25) is 11.8 Å². The molecule has 0 aliphatic carbocycles. The van der Waals surface area contributed by atoms with Gasteiger partial charge in [-0.25, -0.2) is 0 Å². The van der Waals surface area contributed by atoms with Crippen LogP contribution in [0.3, 0.4) is 0 Å². The van der Waals surface area contributed by atoms with Crippen molar-refractivity contribution in [3.63, 3.8) is 0 Å². The van der Waals surface area contributed by atoms with E-state index in [-0.39, 0.29) is 11.8 Å². The molecule has 1 aliphatic rings. The standard InChI is InChI=1S/C21H24N2O4/c1-26-12-6-11-18-20(24)23-19(21(25)22-18)14-15-7-5-10-17(13-15)27-16-8-3-2-4-9-16/h2-5,7-10,13,18-19H,6,11-12,14H2,1H3,(H,22,25)(H,23,24). The van der Waals surface area contributed by atoms with Gasteiger partial charge >= 0.3 is 0 Å². The number of nitrogens with one attached hydrogen (secondary N) is 2. The van der Waals surface area contributed by atoms with Crippen LogP contribution in [0.15, 0.2) is 54.6 Å². The Bertz CT molecular complexity index is 779. The van der Waals surface area contributed by atoms with Gasteiger partial charge in [-0.3, -0.25) is 9.59 Å². The molecule has 2 aromatic rings. The number of benzene rings is 2. The third-order valence-electron chi connectivity index (χ3n) is 4.42. The molecule has 0 saturated carbocycles. The quantitative estimate of drug-likeness (QED) is 0.702. The predicted octanol–water partition coefficient (Wildman–Crippen LogP) is 2.43. The summed E-state index contributed by atoms with van der Waals surface area (Å²) in [7, 11) is 1.62. The lowest BCUT2D eigenvalue weighted by Gasteiger charge is -2.29. The second-order valence-electron chi connectivity index (χ2n) is 6.52. The molecular formula is C21H24N2O4. The van der Waals surface area contributed by atoms with Crippen LogP contribution in [-0.2, 0) is 20.7 Å². The molecule has 0 radical (unpaired) electrons. The first kappa shape index (κ1) is 18.9. The first-order chi connectivity index (χ1) is 13.2. The van der Waals surface area contributed by atoms with Crippen molar-refractivity contribution in [3.8, 4) is 11.5 Å². The minimum Gasteiger partial charge on any atom is -0.457 e. The topological polar surface area (TPSA) is 76.7 Å². The van der Waals surface area contributed by atoms with Crippen molar-refractivity contribution in [2.75, 3.05) is 13.7 Å². The van der Waals surface area contributed by atoms with Crippen LogP contribution in [0, 0.1) is 0 Å². The molecule has 0 aromatic heterocycles. The van der Waals surface area contributed by atoms with Gasteiger partial charge in [-0.1, -0.05) is 30.3 Å². The predicted molar refractivity (Wildman–Crippen MR) is 102 cm³/mol. The zero-order valence-corrected chi connectivity index (χ0v) is 15.3. The molecule has 2 atom stereocenters. The van der Waals surface area contributed by atoms with Crippen molar-refractivity contribution < 1.29 is 19.1 Å². The van der Waals surface area contributed by atoms with Crippen LogP contribution < -0.4 is 15.4 Å². The molecule has 1 heterocycles. The monoisotopic (exact) mass is 368 g/mol. The normalized spacial score (nSPS) is 19.3. The summed E-state index contributed by atoms with van der Waals surface area (Å²) in [4.78, 5) is 24.6. The van der Waals surface area contributed by atoms with Crippen LogP contribution >= 0.6 is 0 Å². The van der Waals surface area contributed by atoms with Gasteiger partial charge in [-0.05, 0) is 42.7 Å².